The second-order valence-corrected chi connectivity index (χ2v) is 5.48. The van der Waals surface area contributed by atoms with Crippen LogP contribution in [0.15, 0.2) is 48.5 Å². The van der Waals surface area contributed by atoms with Crippen LogP contribution >= 0.6 is 0 Å². The minimum atomic E-state index is 0.0310. The summed E-state index contributed by atoms with van der Waals surface area (Å²) in [5.41, 5.74) is 4.16. The van der Waals surface area contributed by atoms with Gasteiger partial charge in [0.2, 0.25) is 5.91 Å². The monoisotopic (exact) mass is 293 g/mol. The fourth-order valence-electron chi connectivity index (χ4n) is 2.52. The van der Waals surface area contributed by atoms with E-state index in [4.69, 9.17) is 0 Å². The maximum absolute atomic E-state index is 12.0. The number of benzene rings is 2. The Kier molecular flexibility index (Phi) is 3.92. The van der Waals surface area contributed by atoms with Gasteiger partial charge in [-0.2, -0.15) is 0 Å². The number of hydrogen-bond donors (Lipinski definition) is 1. The quantitative estimate of drug-likeness (QED) is 0.804. The smallest absolute Gasteiger partial charge is 0.224 e. The van der Waals surface area contributed by atoms with E-state index in [1.165, 1.54) is 0 Å². The molecule has 0 spiro atoms. The number of amides is 1. The lowest BCUT2D eigenvalue weighted by atomic mass is 10.1. The van der Waals surface area contributed by atoms with Crippen LogP contribution in [0.1, 0.15) is 17.0 Å². The van der Waals surface area contributed by atoms with Gasteiger partial charge in [0.1, 0.15) is 5.82 Å². The minimum Gasteiger partial charge on any atom is -0.352 e. The van der Waals surface area contributed by atoms with Crippen LogP contribution in [0.25, 0.3) is 11.0 Å². The third-order valence-electron chi connectivity index (χ3n) is 3.87. The highest BCUT2D eigenvalue weighted by atomic mass is 16.1. The number of fused-ring (bicyclic) bond motifs is 1. The zero-order chi connectivity index (χ0) is 15.5. The van der Waals surface area contributed by atoms with E-state index >= 15 is 0 Å². The molecule has 0 fully saturated rings. The standard InChI is InChI=1S/C18H19N3O/c1-13-20-16-10-15(8-9-17(16)21(13)2)12-19-18(22)11-14-6-4-3-5-7-14/h3-10H,11-12H2,1-2H3,(H,19,22). The Morgan fingerprint density at radius 1 is 1.14 bits per heavy atom. The van der Waals surface area contributed by atoms with Crippen LogP contribution in [0, 0.1) is 6.92 Å². The van der Waals surface area contributed by atoms with Crippen molar-refractivity contribution in [1.82, 2.24) is 14.9 Å². The lowest BCUT2D eigenvalue weighted by molar-refractivity contribution is -0.120. The molecule has 0 saturated carbocycles. The summed E-state index contributed by atoms with van der Waals surface area (Å²) in [5, 5.41) is 2.96. The van der Waals surface area contributed by atoms with E-state index in [1.807, 2.05) is 62.5 Å². The first-order chi connectivity index (χ1) is 10.6. The zero-order valence-electron chi connectivity index (χ0n) is 12.8. The maximum atomic E-state index is 12.0. The summed E-state index contributed by atoms with van der Waals surface area (Å²) in [7, 11) is 2.01. The van der Waals surface area contributed by atoms with E-state index in [1.54, 1.807) is 0 Å². The van der Waals surface area contributed by atoms with Crippen LogP contribution in [0.5, 0.6) is 0 Å². The number of aromatic nitrogens is 2. The summed E-state index contributed by atoms with van der Waals surface area (Å²) in [6.07, 6.45) is 0.409. The minimum absolute atomic E-state index is 0.0310. The highest BCUT2D eigenvalue weighted by molar-refractivity contribution is 5.79. The normalized spacial score (nSPS) is 10.8. The van der Waals surface area contributed by atoms with Gasteiger partial charge in [-0.15, -0.1) is 0 Å². The predicted octanol–water partition coefficient (Wildman–Crippen LogP) is 2.74. The van der Waals surface area contributed by atoms with Crippen molar-refractivity contribution in [2.24, 2.45) is 7.05 Å². The van der Waals surface area contributed by atoms with Crippen molar-refractivity contribution in [2.75, 3.05) is 0 Å². The summed E-state index contributed by atoms with van der Waals surface area (Å²) < 4.78 is 2.06. The Balaban J connectivity index is 1.65. The molecular weight excluding hydrogens is 274 g/mol. The molecule has 0 aliphatic rings. The fraction of sp³-hybridized carbons (Fsp3) is 0.222. The van der Waals surface area contributed by atoms with Gasteiger partial charge in [0.25, 0.3) is 0 Å². The van der Waals surface area contributed by atoms with Crippen LogP contribution in [0.4, 0.5) is 0 Å². The molecule has 0 unspecified atom stereocenters. The topological polar surface area (TPSA) is 46.9 Å². The Morgan fingerprint density at radius 2 is 1.91 bits per heavy atom. The molecule has 1 N–H and O–H groups in total. The molecule has 1 amide bonds. The molecule has 0 bridgehead atoms. The molecule has 0 radical (unpaired) electrons. The Morgan fingerprint density at radius 3 is 2.68 bits per heavy atom. The Hall–Kier alpha value is -2.62. The molecule has 2 aromatic carbocycles. The van der Waals surface area contributed by atoms with Crippen LogP contribution in [-0.2, 0) is 24.8 Å². The molecule has 112 valence electrons. The van der Waals surface area contributed by atoms with Crippen molar-refractivity contribution in [1.29, 1.82) is 0 Å². The van der Waals surface area contributed by atoms with Gasteiger partial charge in [-0.25, -0.2) is 4.98 Å². The molecule has 0 saturated heterocycles. The average Bonchev–Trinajstić information content (AvgIpc) is 2.81. The van der Waals surface area contributed by atoms with E-state index in [2.05, 4.69) is 14.9 Å². The van der Waals surface area contributed by atoms with E-state index in [9.17, 15) is 4.79 Å². The first-order valence-corrected chi connectivity index (χ1v) is 7.36. The predicted molar refractivity (Wildman–Crippen MR) is 87.4 cm³/mol. The van der Waals surface area contributed by atoms with Gasteiger partial charge in [-0.1, -0.05) is 36.4 Å². The summed E-state index contributed by atoms with van der Waals surface area (Å²) in [6, 6.07) is 15.9. The molecule has 1 aromatic heterocycles. The third-order valence-corrected chi connectivity index (χ3v) is 3.87. The highest BCUT2D eigenvalue weighted by Crippen LogP contribution is 2.16. The maximum Gasteiger partial charge on any atom is 0.224 e. The number of imidazole rings is 1. The van der Waals surface area contributed by atoms with Gasteiger partial charge in [0, 0.05) is 13.6 Å². The summed E-state index contributed by atoms with van der Waals surface area (Å²) in [6.45, 7) is 2.51. The lowest BCUT2D eigenvalue weighted by Gasteiger charge is -2.06. The van der Waals surface area contributed by atoms with Crippen molar-refractivity contribution in [3.63, 3.8) is 0 Å². The molecule has 0 atom stereocenters. The van der Waals surface area contributed by atoms with E-state index < -0.39 is 0 Å². The molecule has 1 heterocycles. The number of nitrogens with one attached hydrogen (secondary N) is 1. The summed E-state index contributed by atoms with van der Waals surface area (Å²) >= 11 is 0. The summed E-state index contributed by atoms with van der Waals surface area (Å²) in [4.78, 5) is 16.5. The fourth-order valence-corrected chi connectivity index (χ4v) is 2.52. The van der Waals surface area contributed by atoms with Gasteiger partial charge in [0.15, 0.2) is 0 Å². The van der Waals surface area contributed by atoms with Crippen LogP contribution in [-0.4, -0.2) is 15.5 Å². The molecule has 4 heteroatoms. The van der Waals surface area contributed by atoms with Gasteiger partial charge in [-0.05, 0) is 30.2 Å². The van der Waals surface area contributed by atoms with E-state index in [-0.39, 0.29) is 5.91 Å². The number of nitrogens with zero attached hydrogens (tertiary/aromatic N) is 2. The van der Waals surface area contributed by atoms with E-state index in [0.29, 0.717) is 13.0 Å². The molecule has 4 nitrogen and oxygen atoms in total. The van der Waals surface area contributed by atoms with E-state index in [0.717, 1.165) is 28.0 Å². The van der Waals surface area contributed by atoms with Crippen LogP contribution < -0.4 is 5.32 Å². The van der Waals surface area contributed by atoms with Crippen molar-refractivity contribution < 1.29 is 4.79 Å². The lowest BCUT2D eigenvalue weighted by Crippen LogP contribution is -2.24. The molecule has 0 aliphatic heterocycles. The number of carbonyl (C=O) groups excluding carboxylic acids is 1. The van der Waals surface area contributed by atoms with Gasteiger partial charge in [-0.3, -0.25) is 4.79 Å². The zero-order valence-corrected chi connectivity index (χ0v) is 12.8. The average molecular weight is 293 g/mol. The number of carbonyl (C=O) groups is 1. The molecule has 3 rings (SSSR count). The van der Waals surface area contributed by atoms with Gasteiger partial charge in [0.05, 0.1) is 17.5 Å². The number of rotatable bonds is 4. The molecule has 22 heavy (non-hydrogen) atoms. The molecule has 3 aromatic rings. The molecular formula is C18H19N3O. The van der Waals surface area contributed by atoms with Crippen LogP contribution in [0.3, 0.4) is 0 Å². The Labute approximate surface area is 129 Å². The van der Waals surface area contributed by atoms with Gasteiger partial charge >= 0.3 is 0 Å². The second-order valence-electron chi connectivity index (χ2n) is 5.48. The van der Waals surface area contributed by atoms with Crippen molar-refractivity contribution in [3.8, 4) is 0 Å². The SMILES string of the molecule is Cc1nc2cc(CNC(=O)Cc3ccccc3)ccc2n1C. The number of aryl methyl sites for hydroxylation is 2. The van der Waals surface area contributed by atoms with Crippen LogP contribution in [0.2, 0.25) is 0 Å². The van der Waals surface area contributed by atoms with Crippen molar-refractivity contribution >= 4 is 16.9 Å². The second kappa shape index (κ2) is 6.02. The largest absolute Gasteiger partial charge is 0.352 e. The molecule has 0 aliphatic carbocycles. The Bertz CT molecular complexity index is 806. The third kappa shape index (κ3) is 3.01. The number of hydrogen-bond acceptors (Lipinski definition) is 2. The first kappa shape index (κ1) is 14.3. The highest BCUT2D eigenvalue weighted by Gasteiger charge is 2.06. The van der Waals surface area contributed by atoms with Crippen molar-refractivity contribution in [2.45, 2.75) is 19.9 Å². The first-order valence-electron chi connectivity index (χ1n) is 7.36. The summed E-state index contributed by atoms with van der Waals surface area (Å²) in [5.74, 6) is 1.02. The van der Waals surface area contributed by atoms with Gasteiger partial charge < -0.3 is 9.88 Å². The van der Waals surface area contributed by atoms with Crippen molar-refractivity contribution in [3.05, 3.63) is 65.5 Å².